The van der Waals surface area contributed by atoms with E-state index in [4.69, 9.17) is 5.11 Å². The number of aliphatic carboxylic acids is 1. The van der Waals surface area contributed by atoms with Crippen molar-refractivity contribution in [2.24, 2.45) is 0 Å². The molecule has 0 aliphatic rings. The van der Waals surface area contributed by atoms with Crippen molar-refractivity contribution in [3.8, 4) is 0 Å². The van der Waals surface area contributed by atoms with Crippen LogP contribution in [0.3, 0.4) is 0 Å². The third-order valence-corrected chi connectivity index (χ3v) is 2.43. The lowest BCUT2D eigenvalue weighted by Crippen LogP contribution is -2.38. The smallest absolute Gasteiger partial charge is 0.322 e. The summed E-state index contributed by atoms with van der Waals surface area (Å²) in [7, 11) is 0. The number of carbonyl (C=O) groups is 1. The molecule has 1 heterocycles. The minimum Gasteiger partial charge on any atom is -0.480 e. The molecular weight excluding hydrogens is 206 g/mol. The van der Waals surface area contributed by atoms with E-state index in [0.29, 0.717) is 5.82 Å². The van der Waals surface area contributed by atoms with E-state index in [1.165, 1.54) is 0 Å². The summed E-state index contributed by atoms with van der Waals surface area (Å²) in [4.78, 5) is 14.9. The Kier molecular flexibility index (Phi) is 3.84. The van der Waals surface area contributed by atoms with Crippen LogP contribution in [0.1, 0.15) is 23.7 Å². The minimum atomic E-state index is -0.908. The quantitative estimate of drug-likeness (QED) is 0.673. The van der Waals surface area contributed by atoms with E-state index in [1.54, 1.807) is 6.92 Å². The van der Waals surface area contributed by atoms with Gasteiger partial charge in [0.1, 0.15) is 11.9 Å². The number of rotatable bonds is 4. The van der Waals surface area contributed by atoms with Crippen molar-refractivity contribution in [3.05, 3.63) is 22.9 Å². The SMILES string of the molecule is Cc1cc(C)c(NNC(C)C(=O)O)nc1C. The summed E-state index contributed by atoms with van der Waals surface area (Å²) in [6.07, 6.45) is 0. The van der Waals surface area contributed by atoms with Gasteiger partial charge in [0.05, 0.1) is 0 Å². The zero-order valence-electron chi connectivity index (χ0n) is 9.96. The van der Waals surface area contributed by atoms with Crippen molar-refractivity contribution in [2.45, 2.75) is 33.7 Å². The summed E-state index contributed by atoms with van der Waals surface area (Å²) in [6.45, 7) is 7.40. The normalized spacial score (nSPS) is 12.2. The van der Waals surface area contributed by atoms with Crippen molar-refractivity contribution in [1.82, 2.24) is 10.4 Å². The number of hydrazine groups is 1. The maximum absolute atomic E-state index is 10.6. The number of carboxylic acid groups (broad SMARTS) is 1. The number of carboxylic acids is 1. The maximum atomic E-state index is 10.6. The predicted molar refractivity (Wildman–Crippen MR) is 62.3 cm³/mol. The molecule has 1 aromatic heterocycles. The van der Waals surface area contributed by atoms with Crippen LogP contribution in [0.15, 0.2) is 6.07 Å². The Hall–Kier alpha value is -1.62. The molecule has 0 radical (unpaired) electrons. The van der Waals surface area contributed by atoms with Gasteiger partial charge < -0.3 is 10.5 Å². The second-order valence-electron chi connectivity index (χ2n) is 3.89. The van der Waals surface area contributed by atoms with E-state index in [-0.39, 0.29) is 0 Å². The van der Waals surface area contributed by atoms with Gasteiger partial charge in [-0.1, -0.05) is 6.07 Å². The van der Waals surface area contributed by atoms with E-state index in [0.717, 1.165) is 16.8 Å². The molecule has 0 aromatic carbocycles. The number of hydrogen-bond acceptors (Lipinski definition) is 4. The third kappa shape index (κ3) is 2.93. The van der Waals surface area contributed by atoms with Gasteiger partial charge in [-0.2, -0.15) is 0 Å². The molecule has 16 heavy (non-hydrogen) atoms. The van der Waals surface area contributed by atoms with Crippen LogP contribution < -0.4 is 10.9 Å². The molecule has 0 saturated carbocycles. The van der Waals surface area contributed by atoms with Gasteiger partial charge in [-0.05, 0) is 38.8 Å². The van der Waals surface area contributed by atoms with Crippen molar-refractivity contribution < 1.29 is 9.90 Å². The van der Waals surface area contributed by atoms with Gasteiger partial charge in [0.2, 0.25) is 0 Å². The van der Waals surface area contributed by atoms with Crippen LogP contribution in [0.2, 0.25) is 0 Å². The van der Waals surface area contributed by atoms with Crippen LogP contribution in [-0.2, 0) is 4.79 Å². The molecular formula is C11H17N3O2. The molecule has 1 aromatic rings. The van der Waals surface area contributed by atoms with Crippen LogP contribution in [0.25, 0.3) is 0 Å². The molecule has 0 aliphatic heterocycles. The minimum absolute atomic E-state index is 0.663. The molecule has 0 aliphatic carbocycles. The van der Waals surface area contributed by atoms with Gasteiger partial charge in [-0.25, -0.2) is 10.4 Å². The van der Waals surface area contributed by atoms with Crippen LogP contribution in [-0.4, -0.2) is 22.1 Å². The first-order valence-electron chi connectivity index (χ1n) is 5.11. The van der Waals surface area contributed by atoms with Gasteiger partial charge in [-0.15, -0.1) is 0 Å². The molecule has 1 unspecified atom stereocenters. The van der Waals surface area contributed by atoms with Crippen molar-refractivity contribution >= 4 is 11.8 Å². The summed E-state index contributed by atoms with van der Waals surface area (Å²) in [5.41, 5.74) is 8.52. The van der Waals surface area contributed by atoms with E-state index in [9.17, 15) is 4.79 Å². The van der Waals surface area contributed by atoms with Gasteiger partial charge in [0, 0.05) is 5.69 Å². The number of nitrogens with one attached hydrogen (secondary N) is 2. The summed E-state index contributed by atoms with van der Waals surface area (Å²) >= 11 is 0. The largest absolute Gasteiger partial charge is 0.480 e. The Labute approximate surface area is 94.9 Å². The fourth-order valence-electron chi connectivity index (χ4n) is 1.21. The Morgan fingerprint density at radius 3 is 2.56 bits per heavy atom. The second kappa shape index (κ2) is 4.94. The number of anilines is 1. The van der Waals surface area contributed by atoms with Crippen LogP contribution in [0.4, 0.5) is 5.82 Å². The average Bonchev–Trinajstić information content (AvgIpc) is 2.20. The van der Waals surface area contributed by atoms with Crippen molar-refractivity contribution in [3.63, 3.8) is 0 Å². The van der Waals surface area contributed by atoms with E-state index in [2.05, 4.69) is 15.8 Å². The molecule has 5 heteroatoms. The number of hydrogen-bond donors (Lipinski definition) is 3. The highest BCUT2D eigenvalue weighted by Gasteiger charge is 2.10. The number of aryl methyl sites for hydroxylation is 3. The van der Waals surface area contributed by atoms with E-state index in [1.807, 2.05) is 26.8 Å². The Balaban J connectivity index is 2.74. The molecule has 0 saturated heterocycles. The van der Waals surface area contributed by atoms with Gasteiger partial charge >= 0.3 is 5.97 Å². The number of aromatic nitrogens is 1. The fraction of sp³-hybridized carbons (Fsp3) is 0.455. The Morgan fingerprint density at radius 2 is 2.00 bits per heavy atom. The molecule has 5 nitrogen and oxygen atoms in total. The molecule has 0 spiro atoms. The van der Waals surface area contributed by atoms with E-state index < -0.39 is 12.0 Å². The fourth-order valence-corrected chi connectivity index (χ4v) is 1.21. The highest BCUT2D eigenvalue weighted by Crippen LogP contribution is 2.14. The standard InChI is InChI=1S/C11H17N3O2/c1-6-5-7(2)10(12-8(6)3)14-13-9(4)11(15)16/h5,9,13H,1-4H3,(H,12,14)(H,15,16). The Bertz CT molecular complexity index is 404. The molecule has 0 amide bonds. The molecule has 0 fully saturated rings. The first-order chi connectivity index (χ1) is 7.41. The van der Waals surface area contributed by atoms with Gasteiger partial charge in [0.15, 0.2) is 0 Å². The molecule has 88 valence electrons. The lowest BCUT2D eigenvalue weighted by Gasteiger charge is -2.14. The van der Waals surface area contributed by atoms with Crippen LogP contribution >= 0.6 is 0 Å². The van der Waals surface area contributed by atoms with Gasteiger partial charge in [0.25, 0.3) is 0 Å². The number of nitrogens with zero attached hydrogens (tertiary/aromatic N) is 1. The zero-order chi connectivity index (χ0) is 12.3. The average molecular weight is 223 g/mol. The number of pyridine rings is 1. The van der Waals surface area contributed by atoms with Crippen LogP contribution in [0.5, 0.6) is 0 Å². The summed E-state index contributed by atoms with van der Waals surface area (Å²) < 4.78 is 0. The molecule has 1 rings (SSSR count). The molecule has 3 N–H and O–H groups in total. The topological polar surface area (TPSA) is 74.2 Å². The predicted octanol–water partition coefficient (Wildman–Crippen LogP) is 1.40. The van der Waals surface area contributed by atoms with E-state index >= 15 is 0 Å². The Morgan fingerprint density at radius 1 is 1.38 bits per heavy atom. The van der Waals surface area contributed by atoms with Crippen LogP contribution in [0, 0.1) is 20.8 Å². The van der Waals surface area contributed by atoms with Crippen molar-refractivity contribution in [2.75, 3.05) is 5.43 Å². The second-order valence-corrected chi connectivity index (χ2v) is 3.89. The highest BCUT2D eigenvalue weighted by atomic mass is 16.4. The monoisotopic (exact) mass is 223 g/mol. The maximum Gasteiger partial charge on any atom is 0.322 e. The summed E-state index contributed by atoms with van der Waals surface area (Å²) in [6, 6.07) is 1.35. The van der Waals surface area contributed by atoms with Gasteiger partial charge in [-0.3, -0.25) is 4.79 Å². The summed E-state index contributed by atoms with van der Waals surface area (Å²) in [5, 5.41) is 8.71. The molecule has 1 atom stereocenters. The molecule has 0 bridgehead atoms. The van der Waals surface area contributed by atoms with Crippen molar-refractivity contribution in [1.29, 1.82) is 0 Å². The zero-order valence-corrected chi connectivity index (χ0v) is 9.96. The lowest BCUT2D eigenvalue weighted by molar-refractivity contribution is -0.138. The third-order valence-electron chi connectivity index (χ3n) is 2.43. The first-order valence-corrected chi connectivity index (χ1v) is 5.11. The first kappa shape index (κ1) is 12.4. The summed E-state index contributed by atoms with van der Waals surface area (Å²) in [5.74, 6) is -0.245. The highest BCUT2D eigenvalue weighted by molar-refractivity contribution is 5.73. The lowest BCUT2D eigenvalue weighted by atomic mass is 10.1.